The second kappa shape index (κ2) is 7.33. The van der Waals surface area contributed by atoms with Gasteiger partial charge in [-0.2, -0.15) is 5.48 Å². The van der Waals surface area contributed by atoms with Gasteiger partial charge in [-0.25, -0.2) is 0 Å². The molecule has 2 rings (SSSR count). The summed E-state index contributed by atoms with van der Waals surface area (Å²) in [5, 5.41) is 3.34. The van der Waals surface area contributed by atoms with E-state index < -0.39 is 0 Å². The van der Waals surface area contributed by atoms with Gasteiger partial charge in [-0.05, 0) is 25.5 Å². The van der Waals surface area contributed by atoms with Crippen LogP contribution in [0.15, 0.2) is 18.2 Å². The number of hydrogen-bond acceptors (Lipinski definition) is 5. The predicted molar refractivity (Wildman–Crippen MR) is 73.4 cm³/mol. The Morgan fingerprint density at radius 3 is 2.95 bits per heavy atom. The second-order valence-corrected chi connectivity index (χ2v) is 4.56. The van der Waals surface area contributed by atoms with Crippen molar-refractivity contribution in [1.82, 2.24) is 10.8 Å². The molecule has 2 N–H and O–H groups in total. The molecule has 1 aliphatic heterocycles. The van der Waals surface area contributed by atoms with Gasteiger partial charge in [0, 0.05) is 18.7 Å². The molecule has 0 saturated carbocycles. The van der Waals surface area contributed by atoms with E-state index in [0.29, 0.717) is 6.54 Å². The maximum Gasteiger partial charge on any atom is 0.165 e. The number of methoxy groups -OCH3 is 1. The summed E-state index contributed by atoms with van der Waals surface area (Å²) in [4.78, 5) is 4.88. The third-order valence-corrected chi connectivity index (χ3v) is 3.22. The number of rotatable bonds is 6. The van der Waals surface area contributed by atoms with Crippen LogP contribution in [0.3, 0.4) is 0 Å². The molecule has 1 saturated heterocycles. The minimum atomic E-state index is 0.216. The van der Waals surface area contributed by atoms with E-state index in [1.165, 1.54) is 0 Å². The molecule has 1 atom stereocenters. The van der Waals surface area contributed by atoms with Crippen LogP contribution in [0.5, 0.6) is 11.5 Å². The number of hydroxylamine groups is 1. The average Bonchev–Trinajstić information content (AvgIpc) is 2.46. The van der Waals surface area contributed by atoms with Crippen molar-refractivity contribution in [2.24, 2.45) is 0 Å². The molecule has 0 aromatic heterocycles. The zero-order valence-corrected chi connectivity index (χ0v) is 11.6. The molecule has 1 aliphatic rings. The molecule has 1 unspecified atom stereocenters. The quantitative estimate of drug-likeness (QED) is 0.764. The molecule has 0 aliphatic carbocycles. The van der Waals surface area contributed by atoms with Crippen LogP contribution in [0.4, 0.5) is 0 Å². The van der Waals surface area contributed by atoms with Gasteiger partial charge >= 0.3 is 0 Å². The van der Waals surface area contributed by atoms with Gasteiger partial charge in [0.25, 0.3) is 0 Å². The fourth-order valence-electron chi connectivity index (χ4n) is 2.27. The van der Waals surface area contributed by atoms with E-state index in [9.17, 15) is 0 Å². The van der Waals surface area contributed by atoms with Crippen molar-refractivity contribution < 1.29 is 14.3 Å². The number of benzene rings is 1. The summed E-state index contributed by atoms with van der Waals surface area (Å²) < 4.78 is 11.5. The summed E-state index contributed by atoms with van der Waals surface area (Å²) in [7, 11) is 3.26. The molecule has 1 fully saturated rings. The topological polar surface area (TPSA) is 51.8 Å². The molecule has 0 radical (unpaired) electrons. The van der Waals surface area contributed by atoms with E-state index in [0.717, 1.165) is 43.0 Å². The van der Waals surface area contributed by atoms with Gasteiger partial charge in [0.1, 0.15) is 6.10 Å². The Balaban J connectivity index is 2.09. The number of para-hydroxylation sites is 1. The van der Waals surface area contributed by atoms with Crippen LogP contribution in [0, 0.1) is 0 Å². The third kappa shape index (κ3) is 3.83. The fraction of sp³-hybridized carbons (Fsp3) is 0.571. The number of ether oxygens (including phenoxy) is 2. The monoisotopic (exact) mass is 266 g/mol. The van der Waals surface area contributed by atoms with Crippen molar-refractivity contribution in [3.8, 4) is 11.5 Å². The lowest BCUT2D eigenvalue weighted by Crippen LogP contribution is -2.37. The van der Waals surface area contributed by atoms with Crippen molar-refractivity contribution in [2.45, 2.75) is 25.5 Å². The van der Waals surface area contributed by atoms with Gasteiger partial charge < -0.3 is 19.6 Å². The molecule has 106 valence electrons. The summed E-state index contributed by atoms with van der Waals surface area (Å²) in [6.45, 7) is 2.55. The fourth-order valence-corrected chi connectivity index (χ4v) is 2.27. The van der Waals surface area contributed by atoms with Crippen molar-refractivity contribution in [1.29, 1.82) is 0 Å². The highest BCUT2D eigenvalue weighted by molar-refractivity contribution is 5.46. The van der Waals surface area contributed by atoms with E-state index in [4.69, 9.17) is 14.3 Å². The zero-order chi connectivity index (χ0) is 13.5. The summed E-state index contributed by atoms with van der Waals surface area (Å²) in [5.74, 6) is 1.57. The Morgan fingerprint density at radius 2 is 2.26 bits per heavy atom. The van der Waals surface area contributed by atoms with Crippen LogP contribution in [-0.2, 0) is 11.4 Å². The Labute approximate surface area is 114 Å². The third-order valence-electron chi connectivity index (χ3n) is 3.22. The molecule has 1 heterocycles. The van der Waals surface area contributed by atoms with E-state index >= 15 is 0 Å². The highest BCUT2D eigenvalue weighted by atomic mass is 16.6. The van der Waals surface area contributed by atoms with Gasteiger partial charge in [-0.15, -0.1) is 0 Å². The number of nitrogens with one attached hydrogen (secondary N) is 2. The van der Waals surface area contributed by atoms with Crippen molar-refractivity contribution in [2.75, 3.05) is 27.3 Å². The summed E-state index contributed by atoms with van der Waals surface area (Å²) in [6.07, 6.45) is 2.45. The molecule has 1 aromatic rings. The molecule has 19 heavy (non-hydrogen) atoms. The van der Waals surface area contributed by atoms with Gasteiger partial charge in [-0.3, -0.25) is 0 Å². The first kappa shape index (κ1) is 14.1. The first-order chi connectivity index (χ1) is 9.35. The number of hydrogen-bond donors (Lipinski definition) is 2. The largest absolute Gasteiger partial charge is 0.493 e. The first-order valence-electron chi connectivity index (χ1n) is 6.64. The standard InChI is InChI=1S/C14H22N2O3/c1-17-14-11(9-16-18-2)5-3-7-13(14)19-12-6-4-8-15-10-12/h3,5,7,12,15-16H,4,6,8-10H2,1-2H3. The molecule has 5 nitrogen and oxygen atoms in total. The Hall–Kier alpha value is -1.30. The van der Waals surface area contributed by atoms with Crippen molar-refractivity contribution >= 4 is 0 Å². The van der Waals surface area contributed by atoms with Gasteiger partial charge in [-0.1, -0.05) is 12.1 Å². The zero-order valence-electron chi connectivity index (χ0n) is 11.6. The van der Waals surface area contributed by atoms with Crippen LogP contribution < -0.4 is 20.3 Å². The normalized spacial score (nSPS) is 19.2. The maximum absolute atomic E-state index is 6.04. The first-order valence-corrected chi connectivity index (χ1v) is 6.64. The average molecular weight is 266 g/mol. The van der Waals surface area contributed by atoms with Gasteiger partial charge in [0.05, 0.1) is 14.2 Å². The minimum Gasteiger partial charge on any atom is -0.493 e. The van der Waals surface area contributed by atoms with E-state index in [1.807, 2.05) is 18.2 Å². The summed E-state index contributed by atoms with van der Waals surface area (Å²) in [6, 6.07) is 5.92. The smallest absolute Gasteiger partial charge is 0.165 e. The van der Waals surface area contributed by atoms with E-state index in [-0.39, 0.29) is 6.10 Å². The highest BCUT2D eigenvalue weighted by Gasteiger charge is 2.17. The van der Waals surface area contributed by atoms with Gasteiger partial charge in [0.15, 0.2) is 11.5 Å². The van der Waals surface area contributed by atoms with Crippen LogP contribution in [0.2, 0.25) is 0 Å². The molecule has 5 heteroatoms. The lowest BCUT2D eigenvalue weighted by molar-refractivity contribution is 0.0858. The van der Waals surface area contributed by atoms with Crippen LogP contribution in [0.25, 0.3) is 0 Å². The minimum absolute atomic E-state index is 0.216. The molecule has 1 aromatic carbocycles. The lowest BCUT2D eigenvalue weighted by Gasteiger charge is -2.25. The summed E-state index contributed by atoms with van der Waals surface area (Å²) in [5.41, 5.74) is 3.84. The molecular weight excluding hydrogens is 244 g/mol. The molecule has 0 amide bonds. The van der Waals surface area contributed by atoms with Crippen LogP contribution in [-0.4, -0.2) is 33.4 Å². The predicted octanol–water partition coefficient (Wildman–Crippen LogP) is 1.48. The highest BCUT2D eigenvalue weighted by Crippen LogP contribution is 2.32. The van der Waals surface area contributed by atoms with E-state index in [1.54, 1.807) is 14.2 Å². The SMILES string of the molecule is CONCc1cccc(OC2CCCNC2)c1OC. The Kier molecular flexibility index (Phi) is 5.44. The van der Waals surface area contributed by atoms with Crippen LogP contribution in [0.1, 0.15) is 18.4 Å². The van der Waals surface area contributed by atoms with Crippen LogP contribution >= 0.6 is 0 Å². The van der Waals surface area contributed by atoms with Crippen molar-refractivity contribution in [3.05, 3.63) is 23.8 Å². The number of piperidine rings is 1. The van der Waals surface area contributed by atoms with E-state index in [2.05, 4.69) is 10.8 Å². The summed E-state index contributed by atoms with van der Waals surface area (Å²) >= 11 is 0. The molecule has 0 spiro atoms. The maximum atomic E-state index is 6.04. The lowest BCUT2D eigenvalue weighted by atomic mass is 10.1. The Bertz CT molecular complexity index is 392. The van der Waals surface area contributed by atoms with Gasteiger partial charge in [0.2, 0.25) is 0 Å². The second-order valence-electron chi connectivity index (χ2n) is 4.56. The molecule has 0 bridgehead atoms. The molecular formula is C14H22N2O3. The Morgan fingerprint density at radius 1 is 1.37 bits per heavy atom. The van der Waals surface area contributed by atoms with Crippen molar-refractivity contribution in [3.63, 3.8) is 0 Å².